The number of halogens is 3. The van der Waals surface area contributed by atoms with E-state index >= 15 is 0 Å². The van der Waals surface area contributed by atoms with Crippen molar-refractivity contribution in [2.24, 2.45) is 0 Å². The van der Waals surface area contributed by atoms with E-state index in [9.17, 15) is 13.2 Å². The summed E-state index contributed by atoms with van der Waals surface area (Å²) in [6, 6.07) is 5.52. The van der Waals surface area contributed by atoms with Crippen LogP contribution in [0.5, 0.6) is 0 Å². The largest absolute Gasteiger partial charge is 0.416 e. The summed E-state index contributed by atoms with van der Waals surface area (Å²) < 4.78 is 38.0. The summed E-state index contributed by atoms with van der Waals surface area (Å²) in [4.78, 5) is 0. The van der Waals surface area contributed by atoms with Crippen molar-refractivity contribution < 1.29 is 13.2 Å². The van der Waals surface area contributed by atoms with Gasteiger partial charge in [-0.2, -0.15) is 23.5 Å². The van der Waals surface area contributed by atoms with Crippen LogP contribution in [0.1, 0.15) is 11.1 Å². The van der Waals surface area contributed by atoms with Crippen molar-refractivity contribution in [3.05, 3.63) is 41.6 Å². The number of benzene rings is 1. The number of aromatic amines is 1. The predicted molar refractivity (Wildman–Crippen MR) is 57.4 cm³/mol. The summed E-state index contributed by atoms with van der Waals surface area (Å²) in [6.07, 6.45) is -2.85. The molecule has 1 aromatic carbocycles. The second-order valence-corrected chi connectivity index (χ2v) is 4.25. The molecular formula is C10H8F3N3S. The molecule has 1 aromatic heterocycles. The molecule has 0 fully saturated rings. The van der Waals surface area contributed by atoms with Crippen molar-refractivity contribution in [2.45, 2.75) is 17.0 Å². The average Bonchev–Trinajstić information content (AvgIpc) is 2.78. The van der Waals surface area contributed by atoms with Crippen LogP contribution in [-0.4, -0.2) is 15.4 Å². The zero-order chi connectivity index (χ0) is 12.3. The number of thioether (sulfide) groups is 1. The van der Waals surface area contributed by atoms with E-state index in [-0.39, 0.29) is 11.3 Å². The number of H-pyrrole nitrogens is 1. The van der Waals surface area contributed by atoms with Gasteiger partial charge in [0.25, 0.3) is 0 Å². The first-order valence-corrected chi connectivity index (χ1v) is 5.69. The average molecular weight is 259 g/mol. The van der Waals surface area contributed by atoms with Crippen LogP contribution in [0.15, 0.2) is 35.5 Å². The normalized spacial score (nSPS) is 11.7. The topological polar surface area (TPSA) is 41.6 Å². The minimum atomic E-state index is -4.32. The van der Waals surface area contributed by atoms with Crippen molar-refractivity contribution in [3.8, 4) is 0 Å². The molecule has 0 aliphatic rings. The molecule has 7 heteroatoms. The van der Waals surface area contributed by atoms with Crippen molar-refractivity contribution in [2.75, 3.05) is 0 Å². The van der Waals surface area contributed by atoms with E-state index in [2.05, 4.69) is 15.4 Å². The number of rotatable bonds is 3. The van der Waals surface area contributed by atoms with Gasteiger partial charge in [0.1, 0.15) is 5.03 Å². The molecule has 0 unspecified atom stereocenters. The summed E-state index contributed by atoms with van der Waals surface area (Å²) in [5.74, 6) is 0.211. The summed E-state index contributed by atoms with van der Waals surface area (Å²) >= 11 is 1.21. The molecule has 0 aliphatic carbocycles. The van der Waals surface area contributed by atoms with E-state index in [1.165, 1.54) is 30.1 Å². The van der Waals surface area contributed by atoms with Crippen molar-refractivity contribution in [3.63, 3.8) is 0 Å². The zero-order valence-corrected chi connectivity index (χ0v) is 9.35. The molecule has 0 saturated heterocycles. The first-order chi connectivity index (χ1) is 8.07. The van der Waals surface area contributed by atoms with E-state index in [1.807, 2.05) is 0 Å². The number of alkyl halides is 3. The smallest absolute Gasteiger partial charge is 0.197 e. The summed E-state index contributed by atoms with van der Waals surface area (Å²) in [5, 5.41) is 10.3. The third-order valence-electron chi connectivity index (χ3n) is 2.09. The lowest BCUT2D eigenvalue weighted by Crippen LogP contribution is -2.08. The van der Waals surface area contributed by atoms with Gasteiger partial charge in [0, 0.05) is 5.75 Å². The minimum absolute atomic E-state index is 0.211. The Labute approximate surface area is 99.4 Å². The standard InChI is InChI=1S/C10H8F3N3S/c11-10(12,13)8-4-2-1-3-7(8)6-17-9-5-14-16-15-9/h1-5H,6H2,(H,14,15,16). The molecule has 90 valence electrons. The van der Waals surface area contributed by atoms with Gasteiger partial charge in [-0.05, 0) is 11.6 Å². The van der Waals surface area contributed by atoms with Crippen LogP contribution in [0.4, 0.5) is 13.2 Å². The zero-order valence-electron chi connectivity index (χ0n) is 8.53. The van der Waals surface area contributed by atoms with Crippen molar-refractivity contribution in [1.82, 2.24) is 15.4 Å². The van der Waals surface area contributed by atoms with Crippen LogP contribution in [-0.2, 0) is 11.9 Å². The van der Waals surface area contributed by atoms with Crippen molar-refractivity contribution in [1.29, 1.82) is 0 Å². The highest BCUT2D eigenvalue weighted by Gasteiger charge is 2.32. The Morgan fingerprint density at radius 3 is 2.65 bits per heavy atom. The van der Waals surface area contributed by atoms with Crippen LogP contribution in [0.3, 0.4) is 0 Å². The van der Waals surface area contributed by atoms with E-state index in [1.54, 1.807) is 6.07 Å². The van der Waals surface area contributed by atoms with Crippen LogP contribution in [0, 0.1) is 0 Å². The second-order valence-electron chi connectivity index (χ2n) is 3.25. The van der Waals surface area contributed by atoms with Gasteiger partial charge in [-0.25, -0.2) is 0 Å². The molecule has 17 heavy (non-hydrogen) atoms. The fourth-order valence-corrected chi connectivity index (χ4v) is 2.12. The Kier molecular flexibility index (Phi) is 3.37. The number of hydrogen-bond acceptors (Lipinski definition) is 3. The maximum atomic E-state index is 12.7. The Hall–Kier alpha value is -1.50. The fraction of sp³-hybridized carbons (Fsp3) is 0.200. The monoisotopic (exact) mass is 259 g/mol. The quantitative estimate of drug-likeness (QED) is 0.861. The van der Waals surface area contributed by atoms with Gasteiger partial charge >= 0.3 is 6.18 Å². The third kappa shape index (κ3) is 3.00. The highest BCUT2D eigenvalue weighted by molar-refractivity contribution is 7.98. The summed E-state index contributed by atoms with van der Waals surface area (Å²) in [7, 11) is 0. The molecule has 1 heterocycles. The molecule has 0 amide bonds. The Balaban J connectivity index is 2.16. The lowest BCUT2D eigenvalue weighted by atomic mass is 10.1. The van der Waals surface area contributed by atoms with Crippen LogP contribution in [0.25, 0.3) is 0 Å². The summed E-state index contributed by atoms with van der Waals surface area (Å²) in [6.45, 7) is 0. The van der Waals surface area contributed by atoms with Gasteiger partial charge in [0.15, 0.2) is 0 Å². The Morgan fingerprint density at radius 2 is 2.00 bits per heavy atom. The van der Waals surface area contributed by atoms with Crippen LogP contribution in [0.2, 0.25) is 0 Å². The highest BCUT2D eigenvalue weighted by Crippen LogP contribution is 2.34. The van der Waals surface area contributed by atoms with E-state index in [0.717, 1.165) is 6.07 Å². The van der Waals surface area contributed by atoms with Gasteiger partial charge in [0.2, 0.25) is 0 Å². The SMILES string of the molecule is FC(F)(F)c1ccccc1CSc1cn[nH]n1. The van der Waals surface area contributed by atoms with Gasteiger partial charge in [-0.15, -0.1) is 5.10 Å². The van der Waals surface area contributed by atoms with E-state index in [0.29, 0.717) is 5.03 Å². The number of aromatic nitrogens is 3. The molecule has 2 rings (SSSR count). The Morgan fingerprint density at radius 1 is 1.24 bits per heavy atom. The number of nitrogens with one attached hydrogen (secondary N) is 1. The minimum Gasteiger partial charge on any atom is -0.197 e. The second kappa shape index (κ2) is 4.79. The van der Waals surface area contributed by atoms with Gasteiger partial charge < -0.3 is 0 Å². The maximum absolute atomic E-state index is 12.7. The molecule has 0 saturated carbocycles. The molecule has 0 radical (unpaired) electrons. The molecular weight excluding hydrogens is 251 g/mol. The molecule has 3 nitrogen and oxygen atoms in total. The molecule has 0 atom stereocenters. The number of hydrogen-bond donors (Lipinski definition) is 1. The van der Waals surface area contributed by atoms with E-state index in [4.69, 9.17) is 0 Å². The molecule has 0 spiro atoms. The van der Waals surface area contributed by atoms with E-state index < -0.39 is 11.7 Å². The third-order valence-corrected chi connectivity index (χ3v) is 3.04. The lowest BCUT2D eigenvalue weighted by molar-refractivity contribution is -0.138. The predicted octanol–water partition coefficient (Wildman–Crippen LogP) is 3.12. The molecule has 0 bridgehead atoms. The summed E-state index contributed by atoms with van der Waals surface area (Å²) in [5.41, 5.74) is -0.357. The molecule has 2 aromatic rings. The first-order valence-electron chi connectivity index (χ1n) is 4.71. The van der Waals surface area contributed by atoms with Gasteiger partial charge in [0.05, 0.1) is 11.8 Å². The first kappa shape index (κ1) is 12.0. The van der Waals surface area contributed by atoms with Crippen LogP contribution < -0.4 is 0 Å². The van der Waals surface area contributed by atoms with Crippen LogP contribution >= 0.6 is 11.8 Å². The maximum Gasteiger partial charge on any atom is 0.416 e. The molecule has 1 N–H and O–H groups in total. The molecule has 0 aliphatic heterocycles. The van der Waals surface area contributed by atoms with Gasteiger partial charge in [-0.3, -0.25) is 0 Å². The highest BCUT2D eigenvalue weighted by atomic mass is 32.2. The fourth-order valence-electron chi connectivity index (χ4n) is 1.34. The number of nitrogens with zero attached hydrogens (tertiary/aromatic N) is 2. The van der Waals surface area contributed by atoms with Gasteiger partial charge in [-0.1, -0.05) is 30.0 Å². The lowest BCUT2D eigenvalue weighted by Gasteiger charge is -2.11. The van der Waals surface area contributed by atoms with Crippen molar-refractivity contribution >= 4 is 11.8 Å². The Bertz CT molecular complexity index is 482.